The number of benzene rings is 1. The van der Waals surface area contributed by atoms with E-state index in [4.69, 9.17) is 4.74 Å². The summed E-state index contributed by atoms with van der Waals surface area (Å²) in [5.41, 5.74) is 1.01. The molecule has 0 saturated heterocycles. The number of methoxy groups -OCH3 is 1. The van der Waals surface area contributed by atoms with Crippen molar-refractivity contribution in [2.45, 2.75) is 32.2 Å². The summed E-state index contributed by atoms with van der Waals surface area (Å²) in [6, 6.07) is 7.60. The maximum Gasteiger partial charge on any atom is 0.242 e. The van der Waals surface area contributed by atoms with Gasteiger partial charge in [-0.3, -0.25) is 9.59 Å². The fraction of sp³-hybridized carbons (Fsp3) is 0.474. The van der Waals surface area contributed by atoms with Crippen LogP contribution in [-0.4, -0.2) is 36.9 Å². The molecular formula is C19H26N2O3. The zero-order valence-corrected chi connectivity index (χ0v) is 14.3. The Balaban J connectivity index is 1.88. The molecular weight excluding hydrogens is 304 g/mol. The molecule has 0 atom stereocenters. The lowest BCUT2D eigenvalue weighted by molar-refractivity contribution is -0.133. The van der Waals surface area contributed by atoms with Gasteiger partial charge in [0.2, 0.25) is 11.8 Å². The van der Waals surface area contributed by atoms with Crippen molar-refractivity contribution < 1.29 is 14.3 Å². The van der Waals surface area contributed by atoms with Crippen molar-refractivity contribution in [1.29, 1.82) is 0 Å². The molecule has 130 valence electrons. The third-order valence-electron chi connectivity index (χ3n) is 4.37. The Morgan fingerprint density at radius 3 is 2.54 bits per heavy atom. The van der Waals surface area contributed by atoms with Crippen LogP contribution in [0, 0.1) is 5.92 Å². The molecule has 0 aliphatic heterocycles. The van der Waals surface area contributed by atoms with Crippen LogP contribution < -0.4 is 10.1 Å². The van der Waals surface area contributed by atoms with E-state index in [1.165, 1.54) is 0 Å². The lowest BCUT2D eigenvalue weighted by Crippen LogP contribution is -2.41. The first kappa shape index (κ1) is 18.0. The van der Waals surface area contributed by atoms with E-state index < -0.39 is 0 Å². The number of carbonyl (C=O) groups is 2. The number of rotatable bonds is 8. The van der Waals surface area contributed by atoms with Gasteiger partial charge in [-0.05, 0) is 30.5 Å². The first-order valence-corrected chi connectivity index (χ1v) is 8.43. The van der Waals surface area contributed by atoms with Gasteiger partial charge in [0.25, 0.3) is 0 Å². The summed E-state index contributed by atoms with van der Waals surface area (Å²) < 4.78 is 5.14. The third kappa shape index (κ3) is 5.11. The van der Waals surface area contributed by atoms with Gasteiger partial charge in [0.15, 0.2) is 0 Å². The van der Waals surface area contributed by atoms with E-state index in [1.807, 2.05) is 24.3 Å². The Labute approximate surface area is 143 Å². The topological polar surface area (TPSA) is 58.6 Å². The molecule has 2 rings (SSSR count). The van der Waals surface area contributed by atoms with Gasteiger partial charge < -0.3 is 15.0 Å². The summed E-state index contributed by atoms with van der Waals surface area (Å²) >= 11 is 0. The van der Waals surface area contributed by atoms with Crippen molar-refractivity contribution in [3.05, 3.63) is 42.5 Å². The van der Waals surface area contributed by atoms with Crippen molar-refractivity contribution in [2.75, 3.05) is 20.2 Å². The number of amides is 2. The molecule has 24 heavy (non-hydrogen) atoms. The monoisotopic (exact) mass is 330 g/mol. The van der Waals surface area contributed by atoms with Crippen molar-refractivity contribution >= 4 is 11.8 Å². The van der Waals surface area contributed by atoms with Crippen molar-refractivity contribution in [2.24, 2.45) is 5.92 Å². The maximum absolute atomic E-state index is 12.4. The van der Waals surface area contributed by atoms with E-state index >= 15 is 0 Å². The highest BCUT2D eigenvalue weighted by Gasteiger charge is 2.23. The van der Waals surface area contributed by atoms with Crippen LogP contribution in [0.5, 0.6) is 5.75 Å². The van der Waals surface area contributed by atoms with Gasteiger partial charge >= 0.3 is 0 Å². The van der Waals surface area contributed by atoms with Crippen molar-refractivity contribution in [1.82, 2.24) is 10.2 Å². The minimum Gasteiger partial charge on any atom is -0.497 e. The Kier molecular flexibility index (Phi) is 6.85. The van der Waals surface area contributed by atoms with Crippen molar-refractivity contribution in [3.8, 4) is 5.75 Å². The Morgan fingerprint density at radius 2 is 1.96 bits per heavy atom. The quantitative estimate of drug-likeness (QED) is 0.745. The predicted octanol–water partition coefficient (Wildman–Crippen LogP) is 2.52. The molecule has 5 heteroatoms. The van der Waals surface area contributed by atoms with Crippen molar-refractivity contribution in [3.63, 3.8) is 0 Å². The highest BCUT2D eigenvalue weighted by molar-refractivity contribution is 5.86. The van der Waals surface area contributed by atoms with Crippen LogP contribution >= 0.6 is 0 Å². The van der Waals surface area contributed by atoms with Gasteiger partial charge in [-0.2, -0.15) is 0 Å². The summed E-state index contributed by atoms with van der Waals surface area (Å²) in [5, 5.41) is 2.78. The highest BCUT2D eigenvalue weighted by atomic mass is 16.5. The second-order valence-electron chi connectivity index (χ2n) is 6.11. The van der Waals surface area contributed by atoms with Crippen LogP contribution in [0.2, 0.25) is 0 Å². The molecule has 1 fully saturated rings. The van der Waals surface area contributed by atoms with E-state index in [-0.39, 0.29) is 24.3 Å². The van der Waals surface area contributed by atoms with Crippen LogP contribution in [0.1, 0.15) is 31.2 Å². The van der Waals surface area contributed by atoms with Crippen LogP contribution in [-0.2, 0) is 16.1 Å². The molecule has 0 bridgehead atoms. The van der Waals surface area contributed by atoms with Gasteiger partial charge in [-0.25, -0.2) is 0 Å². The van der Waals surface area contributed by atoms with Crippen LogP contribution in [0.15, 0.2) is 36.9 Å². The number of carbonyl (C=O) groups excluding carboxylic acids is 2. The normalized spacial score (nSPS) is 14.2. The highest BCUT2D eigenvalue weighted by Crippen LogP contribution is 2.24. The summed E-state index contributed by atoms with van der Waals surface area (Å²) in [6.07, 6.45) is 5.77. The molecule has 0 spiro atoms. The molecule has 0 unspecified atom stereocenters. The third-order valence-corrected chi connectivity index (χ3v) is 4.37. The Morgan fingerprint density at radius 1 is 1.29 bits per heavy atom. The summed E-state index contributed by atoms with van der Waals surface area (Å²) in [4.78, 5) is 26.1. The zero-order chi connectivity index (χ0) is 17.4. The standard InChI is InChI=1S/C19H26N2O3/c1-3-12-21(14-15-8-10-17(24-2)11-9-15)18(22)13-20-19(23)16-6-4-5-7-16/h3,8-11,16H,1,4-7,12-14H2,2H3,(H,20,23). The molecule has 0 aromatic heterocycles. The maximum atomic E-state index is 12.4. The van der Waals surface area contributed by atoms with Gasteiger partial charge in [-0.1, -0.05) is 31.1 Å². The smallest absolute Gasteiger partial charge is 0.242 e. The first-order chi connectivity index (χ1) is 11.6. The molecule has 1 saturated carbocycles. The van der Waals surface area contributed by atoms with E-state index in [0.29, 0.717) is 13.1 Å². The van der Waals surface area contributed by atoms with Gasteiger partial charge in [0, 0.05) is 19.0 Å². The number of hydrogen-bond donors (Lipinski definition) is 1. The molecule has 2 amide bonds. The fourth-order valence-electron chi connectivity index (χ4n) is 2.97. The number of nitrogens with one attached hydrogen (secondary N) is 1. The predicted molar refractivity (Wildman–Crippen MR) is 93.6 cm³/mol. The Hall–Kier alpha value is -2.30. The molecule has 1 aromatic carbocycles. The van der Waals surface area contributed by atoms with Gasteiger partial charge in [0.05, 0.1) is 13.7 Å². The van der Waals surface area contributed by atoms with Crippen LogP contribution in [0.4, 0.5) is 0 Å². The molecule has 1 N–H and O–H groups in total. The van der Waals surface area contributed by atoms with Gasteiger partial charge in [0.1, 0.15) is 5.75 Å². The lowest BCUT2D eigenvalue weighted by atomic mass is 10.1. The van der Waals surface area contributed by atoms with E-state index in [0.717, 1.165) is 37.0 Å². The molecule has 1 aromatic rings. The van der Waals surface area contributed by atoms with E-state index in [2.05, 4.69) is 11.9 Å². The minimum absolute atomic E-state index is 0.00357. The summed E-state index contributed by atoms with van der Waals surface area (Å²) in [6.45, 7) is 4.68. The van der Waals surface area contributed by atoms with Crippen LogP contribution in [0.25, 0.3) is 0 Å². The zero-order valence-electron chi connectivity index (χ0n) is 14.3. The summed E-state index contributed by atoms with van der Waals surface area (Å²) in [7, 11) is 1.62. The molecule has 1 aliphatic carbocycles. The van der Waals surface area contributed by atoms with E-state index in [9.17, 15) is 9.59 Å². The average Bonchev–Trinajstić information content (AvgIpc) is 3.14. The summed E-state index contributed by atoms with van der Waals surface area (Å²) in [5.74, 6) is 0.761. The molecule has 0 radical (unpaired) electrons. The van der Waals surface area contributed by atoms with Crippen LogP contribution in [0.3, 0.4) is 0 Å². The fourth-order valence-corrected chi connectivity index (χ4v) is 2.97. The minimum atomic E-state index is -0.0999. The number of hydrogen-bond acceptors (Lipinski definition) is 3. The second kappa shape index (κ2) is 9.11. The van der Waals surface area contributed by atoms with E-state index in [1.54, 1.807) is 18.1 Å². The molecule has 1 aliphatic rings. The van der Waals surface area contributed by atoms with Gasteiger partial charge in [-0.15, -0.1) is 6.58 Å². The molecule has 5 nitrogen and oxygen atoms in total. The Bertz CT molecular complexity index is 562. The first-order valence-electron chi connectivity index (χ1n) is 8.43. The number of ether oxygens (including phenoxy) is 1. The average molecular weight is 330 g/mol. The SMILES string of the molecule is C=CCN(Cc1ccc(OC)cc1)C(=O)CNC(=O)C1CCCC1. The lowest BCUT2D eigenvalue weighted by Gasteiger charge is -2.22. The largest absolute Gasteiger partial charge is 0.497 e. The number of nitrogens with zero attached hydrogens (tertiary/aromatic N) is 1. The second-order valence-corrected chi connectivity index (χ2v) is 6.11. The molecule has 0 heterocycles.